The molecule has 1 aliphatic rings. The molecule has 1 aromatic heterocycles. The van der Waals surface area contributed by atoms with Gasteiger partial charge in [-0.05, 0) is 47.0 Å². The van der Waals surface area contributed by atoms with E-state index >= 15 is 0 Å². The van der Waals surface area contributed by atoms with Gasteiger partial charge >= 0.3 is 0 Å². The molecule has 0 saturated carbocycles. The van der Waals surface area contributed by atoms with E-state index < -0.39 is 11.6 Å². The number of rotatable bonds is 5. The molecule has 0 spiro atoms. The lowest BCUT2D eigenvalue weighted by Gasteiger charge is -2.18. The van der Waals surface area contributed by atoms with Crippen molar-refractivity contribution in [2.45, 2.75) is 11.9 Å². The Hall–Kier alpha value is -3.22. The van der Waals surface area contributed by atoms with Gasteiger partial charge in [0, 0.05) is 22.8 Å². The number of hydrogen-bond acceptors (Lipinski definition) is 4. The second-order valence-corrected chi connectivity index (χ2v) is 9.00. The fourth-order valence-corrected chi connectivity index (χ4v) is 5.12. The molecule has 4 aromatic rings. The summed E-state index contributed by atoms with van der Waals surface area (Å²) in [5, 5.41) is 10.0. The van der Waals surface area contributed by atoms with E-state index in [0.717, 1.165) is 34.6 Å². The van der Waals surface area contributed by atoms with Crippen LogP contribution in [-0.2, 0) is 6.61 Å². The first kappa shape index (κ1) is 21.6. The maximum atomic E-state index is 13.6. The van der Waals surface area contributed by atoms with Crippen molar-refractivity contribution < 1.29 is 18.6 Å². The van der Waals surface area contributed by atoms with Crippen LogP contribution in [0.15, 0.2) is 66.7 Å². The molecule has 1 aliphatic heterocycles. The van der Waals surface area contributed by atoms with Crippen molar-refractivity contribution in [2.75, 3.05) is 12.4 Å². The molecular weight excluding hydrogens is 440 g/mol. The zero-order valence-electron chi connectivity index (χ0n) is 17.7. The second-order valence-electron chi connectivity index (χ2n) is 7.79. The summed E-state index contributed by atoms with van der Waals surface area (Å²) in [4.78, 5) is 4.43. The lowest BCUT2D eigenvalue weighted by molar-refractivity contribution is 0.307. The van der Waals surface area contributed by atoms with Crippen LogP contribution in [0.3, 0.4) is 0 Å². The van der Waals surface area contributed by atoms with Crippen LogP contribution < -0.4 is 4.74 Å². The Labute approximate surface area is 194 Å². The number of aromatic nitrogens is 1. The normalized spacial score (nSPS) is 15.2. The van der Waals surface area contributed by atoms with Crippen molar-refractivity contribution >= 4 is 34.8 Å². The molecule has 0 radical (unpaired) electrons. The van der Waals surface area contributed by atoms with Crippen LogP contribution in [0, 0.1) is 11.6 Å². The molecule has 0 saturated heterocycles. The van der Waals surface area contributed by atoms with Crippen LogP contribution in [0.1, 0.15) is 33.2 Å². The van der Waals surface area contributed by atoms with Crippen molar-refractivity contribution in [1.82, 2.24) is 4.98 Å². The van der Waals surface area contributed by atoms with Crippen LogP contribution in [-0.4, -0.2) is 22.5 Å². The summed E-state index contributed by atoms with van der Waals surface area (Å²) >= 11 is 1.69. The summed E-state index contributed by atoms with van der Waals surface area (Å²) in [6.07, 6.45) is 3.79. The van der Waals surface area contributed by atoms with E-state index in [1.54, 1.807) is 23.9 Å². The highest BCUT2D eigenvalue weighted by atomic mass is 32.2. The van der Waals surface area contributed by atoms with Crippen LogP contribution in [0.4, 0.5) is 8.78 Å². The summed E-state index contributed by atoms with van der Waals surface area (Å²) in [6.45, 7) is 0.615. The average molecular weight is 462 g/mol. The maximum Gasteiger partial charge on any atom is 0.161 e. The molecule has 1 atom stereocenters. The number of fused-ring (bicyclic) bond motifs is 3. The zero-order valence-corrected chi connectivity index (χ0v) is 18.5. The van der Waals surface area contributed by atoms with Crippen molar-refractivity contribution in [3.8, 4) is 5.75 Å². The van der Waals surface area contributed by atoms with Gasteiger partial charge in [0.1, 0.15) is 12.4 Å². The number of aliphatic hydroxyl groups excluding tert-OH is 1. The standard InChI is InChI=1S/C27H21F2NO2S/c28-23-14-18-7-9-20(30-25(18)15-24(23)29)8-5-17-6-10-26-22(13-17)27(33-12-11-31)21-4-2-1-3-19(21)16-32-26/h1-10,13-15,27,31H,11-12,16H2/b8-5+. The Kier molecular flexibility index (Phi) is 6.11. The molecule has 166 valence electrons. The summed E-state index contributed by atoms with van der Waals surface area (Å²) in [5.74, 6) is -0.333. The van der Waals surface area contributed by atoms with E-state index in [1.807, 2.05) is 36.4 Å². The summed E-state index contributed by atoms with van der Waals surface area (Å²) in [5.41, 5.74) is 5.43. The molecule has 6 heteroatoms. The minimum Gasteiger partial charge on any atom is -0.489 e. The molecule has 0 bridgehead atoms. The predicted molar refractivity (Wildman–Crippen MR) is 129 cm³/mol. The quantitative estimate of drug-likeness (QED) is 0.374. The second kappa shape index (κ2) is 9.33. The molecule has 2 heterocycles. The zero-order chi connectivity index (χ0) is 22.8. The number of halogens is 2. The van der Waals surface area contributed by atoms with Gasteiger partial charge in [-0.3, -0.25) is 0 Å². The van der Waals surface area contributed by atoms with Gasteiger partial charge in [-0.1, -0.05) is 42.5 Å². The van der Waals surface area contributed by atoms with Crippen LogP contribution in [0.5, 0.6) is 5.75 Å². The minimum atomic E-state index is -0.909. The first-order valence-electron chi connectivity index (χ1n) is 10.6. The minimum absolute atomic E-state index is 0.0517. The highest BCUT2D eigenvalue weighted by Crippen LogP contribution is 2.44. The van der Waals surface area contributed by atoms with Gasteiger partial charge in [0.2, 0.25) is 0 Å². The summed E-state index contributed by atoms with van der Waals surface area (Å²) in [7, 11) is 0. The van der Waals surface area contributed by atoms with Crippen molar-refractivity contribution in [3.63, 3.8) is 0 Å². The van der Waals surface area contributed by atoms with Crippen molar-refractivity contribution in [1.29, 1.82) is 0 Å². The third kappa shape index (κ3) is 4.49. The smallest absolute Gasteiger partial charge is 0.161 e. The number of aliphatic hydroxyl groups is 1. The highest BCUT2D eigenvalue weighted by Gasteiger charge is 2.25. The molecule has 0 fully saturated rings. The van der Waals surface area contributed by atoms with Crippen molar-refractivity contribution in [3.05, 3.63) is 106 Å². The van der Waals surface area contributed by atoms with Gasteiger partial charge in [-0.2, -0.15) is 0 Å². The number of hydrogen-bond donors (Lipinski definition) is 1. The molecule has 3 nitrogen and oxygen atoms in total. The predicted octanol–water partition coefficient (Wildman–Crippen LogP) is 6.39. The Morgan fingerprint density at radius 3 is 2.70 bits per heavy atom. The number of benzene rings is 3. The SMILES string of the molecule is OCCSC1c2ccccc2COc2ccc(/C=C/c3ccc4cc(F)c(F)cc4n3)cc21. The van der Waals surface area contributed by atoms with Crippen LogP contribution >= 0.6 is 11.8 Å². The molecule has 1 unspecified atom stereocenters. The van der Waals surface area contributed by atoms with Gasteiger partial charge in [0.15, 0.2) is 11.6 Å². The third-order valence-electron chi connectivity index (χ3n) is 5.61. The van der Waals surface area contributed by atoms with E-state index in [-0.39, 0.29) is 11.9 Å². The first-order valence-corrected chi connectivity index (χ1v) is 11.7. The van der Waals surface area contributed by atoms with Gasteiger partial charge in [0.25, 0.3) is 0 Å². The van der Waals surface area contributed by atoms with Gasteiger partial charge in [-0.25, -0.2) is 13.8 Å². The lowest BCUT2D eigenvalue weighted by Crippen LogP contribution is -2.01. The van der Waals surface area contributed by atoms with E-state index in [2.05, 4.69) is 23.2 Å². The molecular formula is C27H21F2NO2S. The Bertz CT molecular complexity index is 1360. The van der Waals surface area contributed by atoms with E-state index in [0.29, 0.717) is 29.0 Å². The molecule has 0 amide bonds. The molecule has 3 aromatic carbocycles. The van der Waals surface area contributed by atoms with Crippen LogP contribution in [0.2, 0.25) is 0 Å². The Morgan fingerprint density at radius 1 is 0.970 bits per heavy atom. The first-order chi connectivity index (χ1) is 16.1. The molecule has 0 aliphatic carbocycles. The fourth-order valence-electron chi connectivity index (χ4n) is 4.01. The summed E-state index contributed by atoms with van der Waals surface area (Å²) < 4.78 is 33.1. The molecule has 1 N–H and O–H groups in total. The van der Waals surface area contributed by atoms with E-state index in [4.69, 9.17) is 4.74 Å². The number of thioether (sulfide) groups is 1. The largest absolute Gasteiger partial charge is 0.489 e. The number of pyridine rings is 1. The Balaban J connectivity index is 1.49. The fraction of sp³-hybridized carbons (Fsp3) is 0.148. The summed E-state index contributed by atoms with van der Waals surface area (Å²) in [6, 6.07) is 20.1. The van der Waals surface area contributed by atoms with Gasteiger partial charge in [0.05, 0.1) is 23.1 Å². The third-order valence-corrected chi connectivity index (χ3v) is 6.87. The molecule has 33 heavy (non-hydrogen) atoms. The monoisotopic (exact) mass is 461 g/mol. The van der Waals surface area contributed by atoms with Crippen molar-refractivity contribution in [2.24, 2.45) is 0 Å². The topological polar surface area (TPSA) is 42.4 Å². The Morgan fingerprint density at radius 2 is 1.82 bits per heavy atom. The van der Waals surface area contributed by atoms with E-state index in [1.165, 1.54) is 5.56 Å². The molecule has 5 rings (SSSR count). The van der Waals surface area contributed by atoms with Gasteiger partial charge < -0.3 is 9.84 Å². The van der Waals surface area contributed by atoms with Gasteiger partial charge in [-0.15, -0.1) is 11.8 Å². The lowest BCUT2D eigenvalue weighted by atomic mass is 9.98. The average Bonchev–Trinajstić information content (AvgIpc) is 2.98. The highest BCUT2D eigenvalue weighted by molar-refractivity contribution is 7.99. The number of ether oxygens (including phenoxy) is 1. The maximum absolute atomic E-state index is 13.6. The van der Waals surface area contributed by atoms with E-state index in [9.17, 15) is 13.9 Å². The number of nitrogens with zero attached hydrogens (tertiary/aromatic N) is 1. The van der Waals surface area contributed by atoms with Crippen LogP contribution in [0.25, 0.3) is 23.1 Å².